The monoisotopic (exact) mass is 1080 g/mol. The van der Waals surface area contributed by atoms with Crippen LogP contribution in [0.2, 0.25) is 0 Å². The highest BCUT2D eigenvalue weighted by molar-refractivity contribution is 5.97. The Morgan fingerprint density at radius 3 is 1.82 bits per heavy atom. The minimum absolute atomic E-state index is 0.0348. The van der Waals surface area contributed by atoms with Gasteiger partial charge in [0.25, 0.3) is 5.91 Å². The summed E-state index contributed by atoms with van der Waals surface area (Å²) < 4.78 is 5.81. The maximum Gasteiger partial charge on any atom is 0.251 e. The highest BCUT2D eigenvalue weighted by Crippen LogP contribution is 2.36. The molecule has 0 aromatic heterocycles. The smallest absolute Gasteiger partial charge is 0.251 e. The number of amides is 7. The van der Waals surface area contributed by atoms with Crippen molar-refractivity contribution >= 4 is 41.4 Å². The summed E-state index contributed by atoms with van der Waals surface area (Å²) in [5, 5.41) is 18.2. The molecule has 4 aromatic rings. The topological polar surface area (TPSA) is 211 Å². The van der Waals surface area contributed by atoms with Gasteiger partial charge < -0.3 is 51.3 Å². The second-order valence-corrected chi connectivity index (χ2v) is 23.7. The molecule has 17 nitrogen and oxygen atoms in total. The van der Waals surface area contributed by atoms with Crippen LogP contribution in [0.15, 0.2) is 97.1 Å². The molecule has 4 aromatic carbocycles. The number of hydrogen-bond donors (Lipinski definition) is 6. The Bertz CT molecular complexity index is 2860. The average molecular weight is 1080 g/mol. The van der Waals surface area contributed by atoms with Gasteiger partial charge in [-0.3, -0.25) is 33.6 Å². The molecule has 0 radical (unpaired) electrons. The molecule has 9 atom stereocenters. The number of methoxy groups -OCH3 is 1. The molecular formula is C62H83N9O8. The quantitative estimate of drug-likeness (QED) is 0.0694. The van der Waals surface area contributed by atoms with E-state index in [1.54, 1.807) is 69.1 Å². The molecule has 79 heavy (non-hydrogen) atoms. The number of benzene rings is 4. The molecule has 6 N–H and O–H groups in total. The molecule has 0 bridgehead atoms. The molecule has 0 spiro atoms. The van der Waals surface area contributed by atoms with Crippen LogP contribution in [0.3, 0.4) is 0 Å². The van der Waals surface area contributed by atoms with Crippen LogP contribution in [0, 0.1) is 10.8 Å². The second-order valence-electron chi connectivity index (χ2n) is 23.7. The van der Waals surface area contributed by atoms with E-state index in [1.165, 1.54) is 10.5 Å². The number of nitrogens with zero attached hydrogens (tertiary/aromatic N) is 3. The van der Waals surface area contributed by atoms with Crippen LogP contribution in [0.5, 0.6) is 5.75 Å². The van der Waals surface area contributed by atoms with Crippen LogP contribution >= 0.6 is 0 Å². The van der Waals surface area contributed by atoms with Crippen molar-refractivity contribution in [3.05, 3.63) is 136 Å². The van der Waals surface area contributed by atoms with Crippen molar-refractivity contribution in [1.82, 2.24) is 46.6 Å². The number of para-hydroxylation sites is 1. The maximum absolute atomic E-state index is 15.6. The van der Waals surface area contributed by atoms with Crippen LogP contribution in [-0.2, 0) is 54.7 Å². The average Bonchev–Trinajstić information content (AvgIpc) is 4.02. The minimum atomic E-state index is -0.974. The Balaban J connectivity index is 1.16. The fraction of sp³-hybridized carbons (Fsp3) is 0.500. The lowest BCUT2D eigenvalue weighted by Crippen LogP contribution is -2.62. The molecule has 424 valence electrons. The van der Waals surface area contributed by atoms with E-state index in [4.69, 9.17) is 4.74 Å². The molecule has 0 saturated carbocycles. The third kappa shape index (κ3) is 13.8. The molecule has 17 heteroatoms. The van der Waals surface area contributed by atoms with Crippen LogP contribution in [-0.4, -0.2) is 126 Å². The van der Waals surface area contributed by atoms with Gasteiger partial charge in [-0.15, -0.1) is 0 Å². The van der Waals surface area contributed by atoms with Gasteiger partial charge in [0.05, 0.1) is 31.3 Å². The maximum atomic E-state index is 15.6. The minimum Gasteiger partial charge on any atom is -0.496 e. The van der Waals surface area contributed by atoms with Gasteiger partial charge in [0, 0.05) is 43.2 Å². The Morgan fingerprint density at radius 2 is 1.23 bits per heavy atom. The number of ether oxygens (including phenoxy) is 1. The molecule has 2 heterocycles. The first-order chi connectivity index (χ1) is 37.4. The van der Waals surface area contributed by atoms with Gasteiger partial charge >= 0.3 is 0 Å². The molecular weight excluding hydrogens is 999 g/mol. The molecule has 1 fully saturated rings. The Morgan fingerprint density at radius 1 is 0.671 bits per heavy atom. The first-order valence-electron chi connectivity index (χ1n) is 27.8. The van der Waals surface area contributed by atoms with E-state index in [0.717, 1.165) is 41.5 Å². The summed E-state index contributed by atoms with van der Waals surface area (Å²) in [5.41, 5.74) is 4.45. The predicted octanol–water partition coefficient (Wildman–Crippen LogP) is 5.91. The van der Waals surface area contributed by atoms with Crippen molar-refractivity contribution in [2.24, 2.45) is 10.8 Å². The van der Waals surface area contributed by atoms with Crippen molar-refractivity contribution < 1.29 is 38.3 Å². The van der Waals surface area contributed by atoms with E-state index in [1.807, 2.05) is 115 Å². The van der Waals surface area contributed by atoms with Gasteiger partial charge in [-0.05, 0) is 117 Å². The van der Waals surface area contributed by atoms with Crippen LogP contribution in [0.1, 0.15) is 137 Å². The molecule has 2 aliphatic heterocycles. The number of fused-ring (bicyclic) bond motifs is 2. The van der Waals surface area contributed by atoms with Crippen LogP contribution < -0.4 is 36.6 Å². The van der Waals surface area contributed by atoms with E-state index in [2.05, 4.69) is 38.0 Å². The van der Waals surface area contributed by atoms with E-state index < -0.39 is 71.0 Å². The van der Waals surface area contributed by atoms with Gasteiger partial charge in [-0.1, -0.05) is 120 Å². The van der Waals surface area contributed by atoms with Crippen molar-refractivity contribution in [3.8, 4) is 5.75 Å². The SMILES string of the molecule is CN[C@@H](C)C(=O)N[C@H](C(=O)N1C[C@@H](NC(=O)c2ccc(CN(C(=O)[C@@H]3Cc4ccccc4CN3C(=O)[C@@H](NC(=O)[C@H](C)NC)C(C)(C)C)C(C)c3ccccc3OC)cc2)C[C@H]1C(=O)NC1CCCc2ccccc21)C(C)(C)C. The number of rotatable bonds is 18. The number of hydrogen-bond acceptors (Lipinski definition) is 10. The molecule has 2 unspecified atom stereocenters. The first-order valence-corrected chi connectivity index (χ1v) is 27.8. The Labute approximate surface area is 466 Å². The third-order valence-electron chi connectivity index (χ3n) is 16.1. The zero-order valence-corrected chi connectivity index (χ0v) is 48.2. The molecule has 7 rings (SSSR count). The number of nitrogens with one attached hydrogen (secondary N) is 6. The number of carbonyl (C=O) groups excluding carboxylic acids is 7. The highest BCUT2D eigenvalue weighted by atomic mass is 16.5. The number of likely N-dealkylation sites (N-methyl/N-ethyl adjacent to an activating group) is 2. The summed E-state index contributed by atoms with van der Waals surface area (Å²) in [4.78, 5) is 106. The summed E-state index contributed by atoms with van der Waals surface area (Å²) in [6.45, 7) is 16.9. The summed E-state index contributed by atoms with van der Waals surface area (Å²) in [5.74, 6) is -1.93. The fourth-order valence-electron chi connectivity index (χ4n) is 11.0. The van der Waals surface area contributed by atoms with Gasteiger partial charge in [-0.2, -0.15) is 0 Å². The van der Waals surface area contributed by atoms with Crippen molar-refractivity contribution in [2.75, 3.05) is 27.7 Å². The lowest BCUT2D eigenvalue weighted by molar-refractivity contribution is -0.152. The lowest BCUT2D eigenvalue weighted by Gasteiger charge is -2.43. The van der Waals surface area contributed by atoms with Crippen LogP contribution in [0.25, 0.3) is 0 Å². The summed E-state index contributed by atoms with van der Waals surface area (Å²) in [6.07, 6.45) is 2.95. The summed E-state index contributed by atoms with van der Waals surface area (Å²) >= 11 is 0. The third-order valence-corrected chi connectivity index (χ3v) is 16.1. The Kier molecular flexibility index (Phi) is 19.1. The van der Waals surface area contributed by atoms with Crippen molar-refractivity contribution in [3.63, 3.8) is 0 Å². The van der Waals surface area contributed by atoms with E-state index in [9.17, 15) is 24.0 Å². The molecule has 1 saturated heterocycles. The van der Waals surface area contributed by atoms with Gasteiger partial charge in [0.2, 0.25) is 35.4 Å². The van der Waals surface area contributed by atoms with Crippen molar-refractivity contribution in [2.45, 2.75) is 162 Å². The van der Waals surface area contributed by atoms with E-state index in [-0.39, 0.29) is 68.1 Å². The predicted molar refractivity (Wildman–Crippen MR) is 304 cm³/mol. The largest absolute Gasteiger partial charge is 0.496 e. The lowest BCUT2D eigenvalue weighted by atomic mass is 9.84. The van der Waals surface area contributed by atoms with E-state index in [0.29, 0.717) is 16.9 Å². The zero-order valence-electron chi connectivity index (χ0n) is 48.2. The van der Waals surface area contributed by atoms with Gasteiger partial charge in [-0.25, -0.2) is 0 Å². The Hall–Kier alpha value is -7.11. The number of aryl methyl sites for hydroxylation is 1. The summed E-state index contributed by atoms with van der Waals surface area (Å²) in [6, 6.07) is 24.0. The standard InChI is InChI=1S/C62H83N9O8/c1-37(63-10)54(72)67-52(61(4,5)6)59(77)70-35-44-22-14-13-21-43(44)32-50(70)58(76)69(39(3)46-24-17-18-27-51(46)79-12)34-40-28-30-42(31-29-40)56(74)65-45-33-49(57(75)66-48-26-19-23-41-20-15-16-25-47(41)48)71(36-45)60(78)53(62(7,8)9)68-55(73)38(2)64-11/h13-18,20-22,24-25,27-31,37-39,45,48-50,52-53,63-64H,19,23,26,32-36H2,1-12H3,(H,65,74)(H,66,75)(H,67,72)(H,68,73)/t37-,38-,39?,45-,48?,49-,50-,52+,53+/m0/s1. The zero-order chi connectivity index (χ0) is 57.5. The van der Waals surface area contributed by atoms with Gasteiger partial charge in [0.15, 0.2) is 0 Å². The second kappa shape index (κ2) is 25.3. The van der Waals surface area contributed by atoms with Crippen LogP contribution in [0.4, 0.5) is 0 Å². The molecule has 7 amide bonds. The fourth-order valence-corrected chi connectivity index (χ4v) is 11.0. The number of carbonyl (C=O) groups is 7. The first kappa shape index (κ1) is 59.5. The summed E-state index contributed by atoms with van der Waals surface area (Å²) in [7, 11) is 4.93. The molecule has 1 aliphatic carbocycles. The van der Waals surface area contributed by atoms with Crippen molar-refractivity contribution in [1.29, 1.82) is 0 Å². The molecule has 3 aliphatic rings. The normalized spacial score (nSPS) is 20.0. The highest BCUT2D eigenvalue weighted by Gasteiger charge is 2.47. The van der Waals surface area contributed by atoms with Gasteiger partial charge in [0.1, 0.15) is 29.9 Å². The number of likely N-dealkylation sites (tertiary alicyclic amines) is 1. The van der Waals surface area contributed by atoms with E-state index >= 15 is 9.59 Å².